The van der Waals surface area contributed by atoms with E-state index in [0.717, 1.165) is 29.8 Å². The third-order valence-electron chi connectivity index (χ3n) is 2.91. The second-order valence-electron chi connectivity index (χ2n) is 5.14. The maximum Gasteiger partial charge on any atom is 0.231 e. The van der Waals surface area contributed by atoms with Crippen LogP contribution in [-0.4, -0.2) is 39.5 Å². The van der Waals surface area contributed by atoms with E-state index in [-0.39, 0.29) is 6.79 Å². The van der Waals surface area contributed by atoms with E-state index in [4.69, 9.17) is 14.2 Å². The molecule has 0 atom stereocenters. The molecular formula is C15H23N3O3. The topological polar surface area (TPSA) is 64.1 Å². The van der Waals surface area contributed by atoms with Crippen molar-refractivity contribution in [2.45, 2.75) is 13.8 Å². The standard InChI is InChI=1S/C15H23N3O3/c1-11(2)9-18-15(16-3)17-6-7-19-12-4-5-13-14(8-12)21-10-20-13/h4-5,8,11H,6-7,9-10H2,1-3H3,(H2,16,17,18). The molecule has 1 aromatic carbocycles. The SMILES string of the molecule is CN=C(NCCOc1ccc2c(c1)OCO2)NCC(C)C. The lowest BCUT2D eigenvalue weighted by molar-refractivity contribution is 0.173. The van der Waals surface area contributed by atoms with Gasteiger partial charge in [0.05, 0.1) is 6.54 Å². The minimum atomic E-state index is 0.276. The zero-order valence-electron chi connectivity index (χ0n) is 12.8. The molecule has 0 aliphatic carbocycles. The van der Waals surface area contributed by atoms with E-state index in [1.165, 1.54) is 0 Å². The highest BCUT2D eigenvalue weighted by atomic mass is 16.7. The number of ether oxygens (including phenoxy) is 3. The number of nitrogens with zero attached hydrogens (tertiary/aromatic N) is 1. The number of fused-ring (bicyclic) bond motifs is 1. The van der Waals surface area contributed by atoms with Gasteiger partial charge in [-0.3, -0.25) is 4.99 Å². The van der Waals surface area contributed by atoms with Crippen LogP contribution >= 0.6 is 0 Å². The summed E-state index contributed by atoms with van der Waals surface area (Å²) in [7, 11) is 1.76. The molecule has 0 saturated carbocycles. The lowest BCUT2D eigenvalue weighted by Crippen LogP contribution is -2.40. The summed E-state index contributed by atoms with van der Waals surface area (Å²) in [5.41, 5.74) is 0. The van der Waals surface area contributed by atoms with Crippen LogP contribution in [-0.2, 0) is 0 Å². The molecule has 21 heavy (non-hydrogen) atoms. The Bertz CT molecular complexity index is 489. The Morgan fingerprint density at radius 2 is 2.10 bits per heavy atom. The molecule has 2 N–H and O–H groups in total. The van der Waals surface area contributed by atoms with E-state index in [2.05, 4.69) is 29.5 Å². The van der Waals surface area contributed by atoms with Crippen LogP contribution in [0.3, 0.4) is 0 Å². The molecule has 1 aliphatic heterocycles. The Labute approximate surface area is 125 Å². The molecule has 1 heterocycles. The Balaban J connectivity index is 1.69. The summed E-state index contributed by atoms with van der Waals surface area (Å²) in [5, 5.41) is 6.45. The highest BCUT2D eigenvalue weighted by Gasteiger charge is 2.13. The molecule has 0 fully saturated rings. The van der Waals surface area contributed by atoms with Crippen molar-refractivity contribution in [2.75, 3.05) is 33.5 Å². The molecule has 2 rings (SSSR count). The number of hydrogen-bond acceptors (Lipinski definition) is 4. The van der Waals surface area contributed by atoms with Crippen LogP contribution in [0.25, 0.3) is 0 Å². The van der Waals surface area contributed by atoms with Crippen molar-refractivity contribution in [2.24, 2.45) is 10.9 Å². The van der Waals surface area contributed by atoms with E-state index < -0.39 is 0 Å². The van der Waals surface area contributed by atoms with Crippen molar-refractivity contribution >= 4 is 5.96 Å². The molecule has 116 valence electrons. The van der Waals surface area contributed by atoms with Gasteiger partial charge in [0.25, 0.3) is 0 Å². The van der Waals surface area contributed by atoms with Crippen molar-refractivity contribution in [3.63, 3.8) is 0 Å². The summed E-state index contributed by atoms with van der Waals surface area (Å²) in [5.74, 6) is 3.63. The maximum absolute atomic E-state index is 5.67. The van der Waals surface area contributed by atoms with Gasteiger partial charge < -0.3 is 24.8 Å². The van der Waals surface area contributed by atoms with Gasteiger partial charge in [-0.15, -0.1) is 0 Å². The minimum Gasteiger partial charge on any atom is -0.492 e. The van der Waals surface area contributed by atoms with Gasteiger partial charge in [-0.1, -0.05) is 13.8 Å². The van der Waals surface area contributed by atoms with Gasteiger partial charge in [-0.2, -0.15) is 0 Å². The van der Waals surface area contributed by atoms with Gasteiger partial charge in [-0.05, 0) is 18.1 Å². The van der Waals surface area contributed by atoms with Crippen LogP contribution < -0.4 is 24.8 Å². The van der Waals surface area contributed by atoms with Crippen LogP contribution in [0, 0.1) is 5.92 Å². The van der Waals surface area contributed by atoms with Crippen molar-refractivity contribution in [1.29, 1.82) is 0 Å². The van der Waals surface area contributed by atoms with Crippen LogP contribution in [0.2, 0.25) is 0 Å². The van der Waals surface area contributed by atoms with E-state index in [1.807, 2.05) is 18.2 Å². The highest BCUT2D eigenvalue weighted by Crippen LogP contribution is 2.34. The normalized spacial score (nSPS) is 13.4. The van der Waals surface area contributed by atoms with Crippen LogP contribution in [0.15, 0.2) is 23.2 Å². The Morgan fingerprint density at radius 1 is 1.29 bits per heavy atom. The molecule has 6 nitrogen and oxygen atoms in total. The fraction of sp³-hybridized carbons (Fsp3) is 0.533. The number of benzene rings is 1. The van der Waals surface area contributed by atoms with Crippen LogP contribution in [0.5, 0.6) is 17.2 Å². The third-order valence-corrected chi connectivity index (χ3v) is 2.91. The molecule has 0 spiro atoms. The number of rotatable bonds is 6. The predicted molar refractivity (Wildman–Crippen MR) is 82.3 cm³/mol. The number of aliphatic imine (C=N–C) groups is 1. The summed E-state index contributed by atoms with van der Waals surface area (Å²) in [4.78, 5) is 4.15. The molecule has 6 heteroatoms. The number of guanidine groups is 1. The summed E-state index contributed by atoms with van der Waals surface area (Å²) in [6.45, 7) is 6.70. The van der Waals surface area contributed by atoms with Crippen molar-refractivity contribution in [3.8, 4) is 17.2 Å². The second-order valence-corrected chi connectivity index (χ2v) is 5.14. The maximum atomic E-state index is 5.67. The second kappa shape index (κ2) is 7.61. The van der Waals surface area contributed by atoms with Gasteiger partial charge in [0.2, 0.25) is 6.79 Å². The quantitative estimate of drug-likeness (QED) is 0.474. The largest absolute Gasteiger partial charge is 0.492 e. The van der Waals surface area contributed by atoms with Crippen LogP contribution in [0.1, 0.15) is 13.8 Å². The fourth-order valence-electron chi connectivity index (χ4n) is 1.83. The zero-order valence-corrected chi connectivity index (χ0v) is 12.8. The molecule has 0 amide bonds. The average Bonchev–Trinajstić information content (AvgIpc) is 2.93. The van der Waals surface area contributed by atoms with Gasteiger partial charge in [-0.25, -0.2) is 0 Å². The van der Waals surface area contributed by atoms with Gasteiger partial charge in [0.15, 0.2) is 17.5 Å². The predicted octanol–water partition coefficient (Wildman–Crippen LogP) is 1.62. The first-order chi connectivity index (χ1) is 10.2. The Kier molecular flexibility index (Phi) is 5.54. The van der Waals surface area contributed by atoms with Crippen molar-refractivity contribution in [3.05, 3.63) is 18.2 Å². The van der Waals surface area contributed by atoms with E-state index in [9.17, 15) is 0 Å². The zero-order chi connectivity index (χ0) is 15.1. The molecule has 0 radical (unpaired) electrons. The number of hydrogen-bond donors (Lipinski definition) is 2. The number of nitrogens with one attached hydrogen (secondary N) is 2. The van der Waals surface area contributed by atoms with Crippen molar-refractivity contribution < 1.29 is 14.2 Å². The fourth-order valence-corrected chi connectivity index (χ4v) is 1.83. The molecule has 1 aromatic rings. The molecule has 0 aromatic heterocycles. The van der Waals surface area contributed by atoms with E-state index >= 15 is 0 Å². The van der Waals surface area contributed by atoms with Gasteiger partial charge in [0.1, 0.15) is 12.4 Å². The summed E-state index contributed by atoms with van der Waals surface area (Å²) >= 11 is 0. The molecule has 0 saturated heterocycles. The Hall–Kier alpha value is -2.11. The summed E-state index contributed by atoms with van der Waals surface area (Å²) < 4.78 is 16.2. The monoisotopic (exact) mass is 293 g/mol. The summed E-state index contributed by atoms with van der Waals surface area (Å²) in [6, 6.07) is 5.57. The first-order valence-electron chi connectivity index (χ1n) is 7.16. The first-order valence-corrected chi connectivity index (χ1v) is 7.16. The molecule has 0 bridgehead atoms. The van der Waals surface area contributed by atoms with Crippen molar-refractivity contribution in [1.82, 2.24) is 10.6 Å². The Morgan fingerprint density at radius 3 is 2.86 bits per heavy atom. The molecule has 0 unspecified atom stereocenters. The lowest BCUT2D eigenvalue weighted by Gasteiger charge is -2.13. The third kappa shape index (κ3) is 4.73. The lowest BCUT2D eigenvalue weighted by atomic mass is 10.2. The van der Waals surface area contributed by atoms with Gasteiger partial charge in [0, 0.05) is 19.7 Å². The minimum absolute atomic E-state index is 0.276. The molecular weight excluding hydrogens is 270 g/mol. The highest BCUT2D eigenvalue weighted by molar-refractivity contribution is 5.79. The molecule has 1 aliphatic rings. The summed E-state index contributed by atoms with van der Waals surface area (Å²) in [6.07, 6.45) is 0. The van der Waals surface area contributed by atoms with E-state index in [1.54, 1.807) is 7.05 Å². The van der Waals surface area contributed by atoms with Gasteiger partial charge >= 0.3 is 0 Å². The van der Waals surface area contributed by atoms with Crippen LogP contribution in [0.4, 0.5) is 0 Å². The smallest absolute Gasteiger partial charge is 0.231 e. The average molecular weight is 293 g/mol. The van der Waals surface area contributed by atoms with E-state index in [0.29, 0.717) is 19.1 Å². The first kappa shape index (κ1) is 15.3.